The van der Waals surface area contributed by atoms with Crippen molar-refractivity contribution >= 4 is 48.9 Å². The molecule has 0 unspecified atom stereocenters. The number of benzene rings is 2. The Morgan fingerprint density at radius 1 is 1.26 bits per heavy atom. The van der Waals surface area contributed by atoms with Crippen LogP contribution in [0.15, 0.2) is 18.2 Å². The second-order valence-corrected chi connectivity index (χ2v) is 12.7. The monoisotopic (exact) mass is 632 g/mol. The van der Waals surface area contributed by atoms with E-state index in [9.17, 15) is 18.4 Å². The normalized spacial score (nSPS) is 25.4. The van der Waals surface area contributed by atoms with Gasteiger partial charge < -0.3 is 20.5 Å². The van der Waals surface area contributed by atoms with Gasteiger partial charge in [0.15, 0.2) is 12.0 Å². The zero-order valence-electron chi connectivity index (χ0n) is 22.6. The number of anilines is 1. The van der Waals surface area contributed by atoms with Crippen LogP contribution in [-0.2, 0) is 0 Å². The molecule has 0 spiro atoms. The molecule has 3 fully saturated rings. The van der Waals surface area contributed by atoms with Crippen molar-refractivity contribution in [3.63, 3.8) is 0 Å². The lowest BCUT2D eigenvalue weighted by Crippen LogP contribution is -2.43. The Hall–Kier alpha value is -3.44. The molecule has 0 radical (unpaired) electrons. The summed E-state index contributed by atoms with van der Waals surface area (Å²) in [4.78, 5) is 10.8. The highest BCUT2D eigenvalue weighted by molar-refractivity contribution is 7.23. The van der Waals surface area contributed by atoms with E-state index in [1.54, 1.807) is 0 Å². The third kappa shape index (κ3) is 4.63. The maximum atomic E-state index is 16.6. The van der Waals surface area contributed by atoms with E-state index in [-0.39, 0.29) is 79.3 Å². The topological polar surface area (TPSA) is 109 Å². The molecule has 3 N–H and O–H groups in total. The van der Waals surface area contributed by atoms with Gasteiger partial charge in [0.2, 0.25) is 5.88 Å². The highest BCUT2D eigenvalue weighted by Crippen LogP contribution is 2.46. The Balaban J connectivity index is 1.37. The zero-order valence-corrected chi connectivity index (χ0v) is 24.2. The third-order valence-corrected chi connectivity index (χ3v) is 9.93. The van der Waals surface area contributed by atoms with Gasteiger partial charge in [-0.1, -0.05) is 17.7 Å². The number of halogens is 5. The Kier molecular flexibility index (Phi) is 7.00. The summed E-state index contributed by atoms with van der Waals surface area (Å²) in [5, 5.41) is 12.9. The third-order valence-electron chi connectivity index (χ3n) is 8.61. The van der Waals surface area contributed by atoms with Crippen LogP contribution in [0.25, 0.3) is 32.1 Å². The van der Waals surface area contributed by atoms with Crippen molar-refractivity contribution in [3.8, 4) is 29.1 Å². The van der Waals surface area contributed by atoms with Gasteiger partial charge in [-0.2, -0.15) is 15.2 Å². The Morgan fingerprint density at radius 3 is 2.86 bits per heavy atom. The van der Waals surface area contributed by atoms with Gasteiger partial charge in [-0.05, 0) is 37.1 Å². The van der Waals surface area contributed by atoms with Crippen LogP contribution in [0.2, 0.25) is 5.02 Å². The van der Waals surface area contributed by atoms with Crippen LogP contribution in [0.4, 0.5) is 22.6 Å². The van der Waals surface area contributed by atoms with Gasteiger partial charge in [-0.25, -0.2) is 17.6 Å². The average Bonchev–Trinajstić information content (AvgIpc) is 3.72. The zero-order chi connectivity index (χ0) is 30.0. The van der Waals surface area contributed by atoms with Crippen molar-refractivity contribution in [3.05, 3.63) is 40.4 Å². The Bertz CT molecular complexity index is 1820. The lowest BCUT2D eigenvalue weighted by Gasteiger charge is -2.30. The van der Waals surface area contributed by atoms with Crippen molar-refractivity contribution in [2.75, 3.05) is 38.5 Å². The van der Waals surface area contributed by atoms with Crippen molar-refractivity contribution in [2.24, 2.45) is 0 Å². The van der Waals surface area contributed by atoms with E-state index in [2.05, 4.69) is 20.2 Å². The maximum Gasteiger partial charge on any atom is 0.320 e. The molecule has 4 aromatic rings. The largest absolute Gasteiger partial charge is 0.469 e. The number of nitrogen functional groups attached to an aromatic ring is 1. The lowest BCUT2D eigenvalue weighted by atomic mass is 9.95. The molecule has 0 aliphatic carbocycles. The molecular weight excluding hydrogens is 608 g/mol. The van der Waals surface area contributed by atoms with E-state index in [0.29, 0.717) is 13.0 Å². The minimum Gasteiger partial charge on any atom is -0.469 e. The second kappa shape index (κ2) is 10.6. The lowest BCUT2D eigenvalue weighted by molar-refractivity contribution is 0.104. The molecule has 14 heteroatoms. The number of ether oxygens (including phenoxy) is 2. The number of aromatic nitrogens is 2. The van der Waals surface area contributed by atoms with Crippen molar-refractivity contribution in [1.29, 1.82) is 5.26 Å². The maximum absolute atomic E-state index is 16.6. The molecule has 0 amide bonds. The fraction of sp³-hybridized carbons (Fsp3) is 0.414. The summed E-state index contributed by atoms with van der Waals surface area (Å²) in [6.07, 6.45) is -1.27. The molecule has 0 bridgehead atoms. The number of rotatable bonds is 6. The molecule has 224 valence electrons. The molecule has 8 nitrogen and oxygen atoms in total. The second-order valence-electron chi connectivity index (χ2n) is 11.2. The summed E-state index contributed by atoms with van der Waals surface area (Å²) in [7, 11) is 0. The van der Waals surface area contributed by atoms with Crippen LogP contribution in [0, 0.1) is 23.0 Å². The number of nitrogens with zero attached hydrogens (tertiary/aromatic N) is 4. The predicted octanol–water partition coefficient (Wildman–Crippen LogP) is 5.54. The fourth-order valence-corrected chi connectivity index (χ4v) is 7.83. The van der Waals surface area contributed by atoms with Gasteiger partial charge in [-0.15, -0.1) is 11.3 Å². The van der Waals surface area contributed by atoms with E-state index in [1.807, 2.05) is 6.07 Å². The van der Waals surface area contributed by atoms with Gasteiger partial charge in [0.25, 0.3) is 0 Å². The fourth-order valence-electron chi connectivity index (χ4n) is 6.59. The molecule has 3 saturated heterocycles. The first-order valence-corrected chi connectivity index (χ1v) is 15.0. The first-order chi connectivity index (χ1) is 20.7. The number of nitriles is 1. The summed E-state index contributed by atoms with van der Waals surface area (Å²) in [6, 6.07) is 5.63. The smallest absolute Gasteiger partial charge is 0.320 e. The summed E-state index contributed by atoms with van der Waals surface area (Å²) in [5.41, 5.74) is 5.27. The number of fused-ring (bicyclic) bond motifs is 3. The minimum atomic E-state index is -1.33. The summed E-state index contributed by atoms with van der Waals surface area (Å²) < 4.78 is 72.2. The molecule has 0 saturated carbocycles. The number of hydrogen-bond acceptors (Lipinski definition) is 9. The van der Waals surface area contributed by atoms with Crippen LogP contribution in [0.1, 0.15) is 24.8 Å². The van der Waals surface area contributed by atoms with Crippen molar-refractivity contribution in [1.82, 2.24) is 20.2 Å². The number of nitrogens with two attached hydrogens (primary N) is 1. The summed E-state index contributed by atoms with van der Waals surface area (Å²) in [6.45, 7) is 1.45. The van der Waals surface area contributed by atoms with E-state index >= 15 is 4.39 Å². The predicted molar refractivity (Wildman–Crippen MR) is 155 cm³/mol. The van der Waals surface area contributed by atoms with E-state index in [4.69, 9.17) is 26.8 Å². The first-order valence-electron chi connectivity index (χ1n) is 13.8. The Labute approximate surface area is 252 Å². The molecule has 3 aliphatic heterocycles. The van der Waals surface area contributed by atoms with E-state index in [0.717, 1.165) is 36.8 Å². The highest BCUT2D eigenvalue weighted by Gasteiger charge is 2.49. The summed E-state index contributed by atoms with van der Waals surface area (Å²) >= 11 is 7.53. The van der Waals surface area contributed by atoms with Gasteiger partial charge in [0.1, 0.15) is 41.3 Å². The quantitative estimate of drug-likeness (QED) is 0.267. The number of thiophene rings is 1. The molecule has 2 aromatic carbocycles. The molecule has 7 rings (SSSR count). The van der Waals surface area contributed by atoms with Crippen molar-refractivity contribution < 1.29 is 27.0 Å². The molecule has 5 heterocycles. The van der Waals surface area contributed by atoms with Crippen LogP contribution >= 0.6 is 22.9 Å². The van der Waals surface area contributed by atoms with E-state index < -0.39 is 35.6 Å². The van der Waals surface area contributed by atoms with Gasteiger partial charge >= 0.3 is 6.01 Å². The SMILES string of the molecule is N#Cc1c(N)sc2c(F)ccc(-c3c(Cl)cc4c(O[C@@H]5CNC[C@@H]5F)nc(OC[C@@]56CCCN5C[C@H](F)C6)nc4c3F)c12. The molecule has 4 atom stereocenters. The van der Waals surface area contributed by atoms with Crippen LogP contribution in [-0.4, -0.2) is 71.6 Å². The van der Waals surface area contributed by atoms with Crippen LogP contribution in [0.5, 0.6) is 11.9 Å². The van der Waals surface area contributed by atoms with Crippen LogP contribution in [0.3, 0.4) is 0 Å². The van der Waals surface area contributed by atoms with Gasteiger partial charge in [-0.3, -0.25) is 4.90 Å². The Morgan fingerprint density at radius 2 is 2.09 bits per heavy atom. The molecular formula is C29H25ClF4N6O2S. The molecule has 2 aromatic heterocycles. The highest BCUT2D eigenvalue weighted by atomic mass is 35.5. The van der Waals surface area contributed by atoms with Crippen LogP contribution < -0.4 is 20.5 Å². The van der Waals surface area contributed by atoms with E-state index in [1.165, 1.54) is 12.1 Å². The van der Waals surface area contributed by atoms with Gasteiger partial charge in [0.05, 0.1) is 26.2 Å². The standard InChI is InChI=1S/C29H25ClF4N6O2S/c30-17-6-15-24(23(34)22(17)14-2-3-18(32)25-21(14)16(8-35)26(36)43-25)38-28(39-27(15)42-20-10-37-9-19(20)33)41-12-29-4-1-5-40(29)11-13(31)7-29/h2-3,6,13,19-20,37H,1,4-5,7,9-12,36H2/t13-,19+,20-,29+/m1/s1. The van der Waals surface area contributed by atoms with Gasteiger partial charge in [0, 0.05) is 37.0 Å². The molecule has 43 heavy (non-hydrogen) atoms. The van der Waals surface area contributed by atoms with Crippen molar-refractivity contribution in [2.45, 2.75) is 43.2 Å². The number of hydrogen-bond donors (Lipinski definition) is 2. The minimum absolute atomic E-state index is 0.00613. The molecule has 3 aliphatic rings. The summed E-state index contributed by atoms with van der Waals surface area (Å²) in [5.74, 6) is -1.63. The number of alkyl halides is 2. The first kappa shape index (κ1) is 28.3. The average molecular weight is 633 g/mol. The number of nitrogens with one attached hydrogen (secondary N) is 1.